The van der Waals surface area contributed by atoms with Gasteiger partial charge in [0.1, 0.15) is 0 Å². The van der Waals surface area contributed by atoms with Crippen LogP contribution in [0.15, 0.2) is 36.8 Å². The summed E-state index contributed by atoms with van der Waals surface area (Å²) in [5.41, 5.74) is 1.31. The van der Waals surface area contributed by atoms with E-state index in [0.717, 1.165) is 13.1 Å². The minimum Gasteiger partial charge on any atom is -0.377 e. The Morgan fingerprint density at radius 3 is 3.15 bits per heavy atom. The lowest BCUT2D eigenvalue weighted by Crippen LogP contribution is -2.16. The average Bonchev–Trinajstić information content (AvgIpc) is 2.67. The molecule has 68 valence electrons. The zero-order valence-corrected chi connectivity index (χ0v) is 7.85. The molecule has 1 aliphatic rings. The van der Waals surface area contributed by atoms with Crippen molar-refractivity contribution in [3.05, 3.63) is 42.4 Å². The molecule has 0 aromatic carbocycles. The lowest BCUT2D eigenvalue weighted by molar-refractivity contribution is 0.414. The van der Waals surface area contributed by atoms with E-state index >= 15 is 0 Å². The van der Waals surface area contributed by atoms with E-state index < -0.39 is 0 Å². The van der Waals surface area contributed by atoms with E-state index in [4.69, 9.17) is 0 Å². The fourth-order valence-corrected chi connectivity index (χ4v) is 1.65. The molecule has 1 atom stereocenters. The SMILES string of the molecule is CCN1C=CC(c2cccnc2)C1. The predicted molar refractivity (Wildman–Crippen MR) is 53.4 cm³/mol. The van der Waals surface area contributed by atoms with Gasteiger partial charge in [0.05, 0.1) is 0 Å². The maximum atomic E-state index is 4.13. The van der Waals surface area contributed by atoms with Crippen molar-refractivity contribution >= 4 is 0 Å². The van der Waals surface area contributed by atoms with E-state index in [2.05, 4.69) is 35.1 Å². The third-order valence-corrected chi connectivity index (χ3v) is 2.48. The van der Waals surface area contributed by atoms with Crippen LogP contribution in [0.4, 0.5) is 0 Å². The fraction of sp³-hybridized carbons (Fsp3) is 0.364. The van der Waals surface area contributed by atoms with E-state index in [-0.39, 0.29) is 0 Å². The van der Waals surface area contributed by atoms with Crippen molar-refractivity contribution in [1.29, 1.82) is 0 Å². The van der Waals surface area contributed by atoms with E-state index in [1.807, 2.05) is 18.5 Å². The second-order valence-electron chi connectivity index (χ2n) is 3.32. The minimum absolute atomic E-state index is 0.536. The number of pyridine rings is 1. The van der Waals surface area contributed by atoms with Gasteiger partial charge in [-0.15, -0.1) is 0 Å². The van der Waals surface area contributed by atoms with Crippen LogP contribution in [-0.4, -0.2) is 23.0 Å². The largest absolute Gasteiger partial charge is 0.377 e. The van der Waals surface area contributed by atoms with Crippen LogP contribution in [-0.2, 0) is 0 Å². The Bertz CT molecular complexity index is 292. The summed E-state index contributed by atoms with van der Waals surface area (Å²) in [6.07, 6.45) is 8.20. The lowest BCUT2D eigenvalue weighted by Gasteiger charge is -2.15. The smallest absolute Gasteiger partial charge is 0.0306 e. The van der Waals surface area contributed by atoms with Crippen LogP contribution in [0.25, 0.3) is 0 Å². The molecule has 0 spiro atoms. The number of rotatable bonds is 2. The molecule has 2 rings (SSSR count). The standard InChI is InChI=1S/C11H14N2/c1-2-13-7-5-11(9-13)10-4-3-6-12-8-10/h3-8,11H,2,9H2,1H3. The fourth-order valence-electron chi connectivity index (χ4n) is 1.65. The highest BCUT2D eigenvalue weighted by molar-refractivity contribution is 5.23. The van der Waals surface area contributed by atoms with Gasteiger partial charge in [-0.05, 0) is 24.8 Å². The molecule has 0 radical (unpaired) electrons. The van der Waals surface area contributed by atoms with Crippen molar-refractivity contribution in [1.82, 2.24) is 9.88 Å². The summed E-state index contributed by atoms with van der Waals surface area (Å²) in [5, 5.41) is 0. The third kappa shape index (κ3) is 1.72. The van der Waals surface area contributed by atoms with Gasteiger partial charge in [-0.1, -0.05) is 12.1 Å². The first-order valence-electron chi connectivity index (χ1n) is 4.72. The van der Waals surface area contributed by atoms with E-state index in [1.54, 1.807) is 0 Å². The average molecular weight is 174 g/mol. The molecule has 2 nitrogen and oxygen atoms in total. The van der Waals surface area contributed by atoms with Crippen molar-refractivity contribution < 1.29 is 0 Å². The summed E-state index contributed by atoms with van der Waals surface area (Å²) in [6.45, 7) is 4.37. The second kappa shape index (κ2) is 3.60. The molecule has 0 bridgehead atoms. The molecule has 1 aromatic rings. The van der Waals surface area contributed by atoms with Crippen LogP contribution in [0.5, 0.6) is 0 Å². The van der Waals surface area contributed by atoms with Crippen LogP contribution in [0.2, 0.25) is 0 Å². The number of aromatic nitrogens is 1. The summed E-state index contributed by atoms with van der Waals surface area (Å²) in [4.78, 5) is 6.44. The molecule has 13 heavy (non-hydrogen) atoms. The maximum Gasteiger partial charge on any atom is 0.0306 e. The molecule has 0 aliphatic carbocycles. The quantitative estimate of drug-likeness (QED) is 0.682. The molecule has 0 fully saturated rings. The molecule has 0 amide bonds. The highest BCUT2D eigenvalue weighted by Gasteiger charge is 2.15. The molecule has 1 aliphatic heterocycles. The Balaban J connectivity index is 2.09. The van der Waals surface area contributed by atoms with Gasteiger partial charge in [-0.2, -0.15) is 0 Å². The normalized spacial score (nSPS) is 21.0. The Hall–Kier alpha value is -1.31. The van der Waals surface area contributed by atoms with Crippen molar-refractivity contribution in [2.75, 3.05) is 13.1 Å². The zero-order valence-electron chi connectivity index (χ0n) is 7.85. The van der Waals surface area contributed by atoms with Gasteiger partial charge < -0.3 is 4.90 Å². The topological polar surface area (TPSA) is 16.1 Å². The summed E-state index contributed by atoms with van der Waals surface area (Å²) in [6, 6.07) is 4.14. The number of likely N-dealkylation sites (N-methyl/N-ethyl adjacent to an activating group) is 1. The monoisotopic (exact) mass is 174 g/mol. The minimum atomic E-state index is 0.536. The first kappa shape index (κ1) is 8.30. The van der Waals surface area contributed by atoms with Crippen LogP contribution in [0, 0.1) is 0 Å². The summed E-state index contributed by atoms with van der Waals surface area (Å²) >= 11 is 0. The van der Waals surface area contributed by atoms with Crippen LogP contribution < -0.4 is 0 Å². The molecular weight excluding hydrogens is 160 g/mol. The maximum absolute atomic E-state index is 4.13. The van der Waals surface area contributed by atoms with Crippen molar-refractivity contribution in [2.24, 2.45) is 0 Å². The molecule has 0 N–H and O–H groups in total. The van der Waals surface area contributed by atoms with Crippen molar-refractivity contribution in [2.45, 2.75) is 12.8 Å². The third-order valence-electron chi connectivity index (χ3n) is 2.48. The molecule has 0 saturated carbocycles. The van der Waals surface area contributed by atoms with Gasteiger partial charge >= 0.3 is 0 Å². The first-order chi connectivity index (χ1) is 6.40. The Kier molecular flexibility index (Phi) is 2.30. The van der Waals surface area contributed by atoms with Crippen molar-refractivity contribution in [3.63, 3.8) is 0 Å². The van der Waals surface area contributed by atoms with E-state index in [0.29, 0.717) is 5.92 Å². The highest BCUT2D eigenvalue weighted by atomic mass is 15.1. The molecular formula is C11H14N2. The predicted octanol–water partition coefficient (Wildman–Crippen LogP) is 2.01. The number of hydrogen-bond donors (Lipinski definition) is 0. The van der Waals surface area contributed by atoms with E-state index in [9.17, 15) is 0 Å². The van der Waals surface area contributed by atoms with Gasteiger partial charge in [-0.25, -0.2) is 0 Å². The lowest BCUT2D eigenvalue weighted by atomic mass is 10.0. The summed E-state index contributed by atoms with van der Waals surface area (Å²) < 4.78 is 0. The Morgan fingerprint density at radius 2 is 2.54 bits per heavy atom. The summed E-state index contributed by atoms with van der Waals surface area (Å²) in [7, 11) is 0. The summed E-state index contributed by atoms with van der Waals surface area (Å²) in [5.74, 6) is 0.536. The van der Waals surface area contributed by atoms with Gasteiger partial charge in [0.25, 0.3) is 0 Å². The molecule has 2 heteroatoms. The molecule has 0 saturated heterocycles. The number of nitrogens with zero attached hydrogens (tertiary/aromatic N) is 2. The zero-order chi connectivity index (χ0) is 9.10. The molecule has 1 aromatic heterocycles. The van der Waals surface area contributed by atoms with Crippen LogP contribution >= 0.6 is 0 Å². The number of hydrogen-bond acceptors (Lipinski definition) is 2. The molecule has 1 unspecified atom stereocenters. The van der Waals surface area contributed by atoms with Gasteiger partial charge in [-0.3, -0.25) is 4.98 Å². The van der Waals surface area contributed by atoms with E-state index in [1.165, 1.54) is 5.56 Å². The van der Waals surface area contributed by atoms with Crippen LogP contribution in [0.1, 0.15) is 18.4 Å². The van der Waals surface area contributed by atoms with Crippen molar-refractivity contribution in [3.8, 4) is 0 Å². The second-order valence-corrected chi connectivity index (χ2v) is 3.32. The molecule has 2 heterocycles. The van der Waals surface area contributed by atoms with Gasteiger partial charge in [0, 0.05) is 31.4 Å². The first-order valence-corrected chi connectivity index (χ1v) is 4.72. The van der Waals surface area contributed by atoms with Crippen LogP contribution in [0.3, 0.4) is 0 Å². The van der Waals surface area contributed by atoms with Gasteiger partial charge in [0.15, 0.2) is 0 Å². The Labute approximate surface area is 78.9 Å². The highest BCUT2D eigenvalue weighted by Crippen LogP contribution is 2.22. The van der Waals surface area contributed by atoms with Gasteiger partial charge in [0.2, 0.25) is 0 Å². The Morgan fingerprint density at radius 1 is 1.62 bits per heavy atom.